The van der Waals surface area contributed by atoms with Crippen LogP contribution in [0.3, 0.4) is 0 Å². The first kappa shape index (κ1) is 17.8. The molecule has 1 aliphatic heterocycles. The molecule has 7 nitrogen and oxygen atoms in total. The number of aliphatic hydroxyl groups is 1. The third-order valence-electron chi connectivity index (χ3n) is 4.72. The van der Waals surface area contributed by atoms with Crippen molar-refractivity contribution in [3.8, 4) is 0 Å². The van der Waals surface area contributed by atoms with Crippen molar-refractivity contribution in [2.24, 2.45) is 5.92 Å². The zero-order valence-electron chi connectivity index (χ0n) is 14.2. The highest BCUT2D eigenvalue weighted by Crippen LogP contribution is 2.28. The molecule has 1 aliphatic carbocycles. The van der Waals surface area contributed by atoms with Gasteiger partial charge in [-0.15, -0.1) is 0 Å². The van der Waals surface area contributed by atoms with Crippen molar-refractivity contribution in [3.05, 3.63) is 30.1 Å². The minimum Gasteiger partial charge on any atom is -0.394 e. The third-order valence-corrected chi connectivity index (χ3v) is 4.72. The Hall–Kier alpha value is -1.99. The van der Waals surface area contributed by atoms with E-state index in [4.69, 9.17) is 4.74 Å². The van der Waals surface area contributed by atoms with Crippen molar-refractivity contribution in [1.82, 2.24) is 15.6 Å². The molecule has 1 saturated heterocycles. The van der Waals surface area contributed by atoms with Crippen LogP contribution in [0, 0.1) is 5.92 Å². The van der Waals surface area contributed by atoms with Crippen LogP contribution in [0.2, 0.25) is 0 Å². The van der Waals surface area contributed by atoms with Crippen molar-refractivity contribution in [3.63, 3.8) is 0 Å². The Morgan fingerprint density at radius 1 is 1.24 bits per heavy atom. The van der Waals surface area contributed by atoms with E-state index in [-0.39, 0.29) is 36.5 Å². The van der Waals surface area contributed by atoms with Gasteiger partial charge < -0.3 is 20.5 Å². The smallest absolute Gasteiger partial charge is 0.270 e. The van der Waals surface area contributed by atoms with Gasteiger partial charge in [0.1, 0.15) is 11.8 Å². The summed E-state index contributed by atoms with van der Waals surface area (Å²) in [6, 6.07) is 4.92. The summed E-state index contributed by atoms with van der Waals surface area (Å²) in [6.45, 7) is 0.432. The van der Waals surface area contributed by atoms with Crippen molar-refractivity contribution < 1.29 is 19.4 Å². The molecule has 1 aromatic rings. The average molecular weight is 347 g/mol. The van der Waals surface area contributed by atoms with E-state index in [1.807, 2.05) is 0 Å². The van der Waals surface area contributed by atoms with Crippen molar-refractivity contribution in [2.75, 3.05) is 13.2 Å². The normalized spacial score (nSPS) is 26.0. The molecule has 2 heterocycles. The van der Waals surface area contributed by atoms with Gasteiger partial charge in [0.15, 0.2) is 0 Å². The van der Waals surface area contributed by atoms with E-state index in [9.17, 15) is 14.7 Å². The molecular weight excluding hydrogens is 322 g/mol. The first-order chi connectivity index (χ1) is 12.2. The average Bonchev–Trinajstić information content (AvgIpc) is 3.48. The lowest BCUT2D eigenvalue weighted by Gasteiger charge is -2.36. The van der Waals surface area contributed by atoms with Crippen LogP contribution < -0.4 is 10.6 Å². The van der Waals surface area contributed by atoms with Gasteiger partial charge in [-0.3, -0.25) is 14.6 Å². The van der Waals surface area contributed by atoms with Gasteiger partial charge in [-0.1, -0.05) is 6.07 Å². The molecule has 3 N–H and O–H groups in total. The molecule has 0 radical (unpaired) electrons. The zero-order valence-corrected chi connectivity index (χ0v) is 14.2. The fourth-order valence-electron chi connectivity index (χ4n) is 3.09. The summed E-state index contributed by atoms with van der Waals surface area (Å²) in [6.07, 6.45) is 5.34. The van der Waals surface area contributed by atoms with E-state index in [2.05, 4.69) is 15.6 Å². The number of aliphatic hydroxyl groups excluding tert-OH is 1. The SMILES string of the molecule is O=C(N[C@H]1CC[C@@H](CCNC(=O)C2CC2)O[C@H]1CO)c1ccccn1. The van der Waals surface area contributed by atoms with Gasteiger partial charge in [-0.05, 0) is 44.2 Å². The molecule has 3 rings (SSSR count). The van der Waals surface area contributed by atoms with Gasteiger partial charge in [0, 0.05) is 18.7 Å². The summed E-state index contributed by atoms with van der Waals surface area (Å²) in [5.74, 6) is 0.0847. The second-order valence-corrected chi connectivity index (χ2v) is 6.71. The van der Waals surface area contributed by atoms with E-state index in [1.165, 1.54) is 0 Å². The van der Waals surface area contributed by atoms with Gasteiger partial charge in [-0.2, -0.15) is 0 Å². The molecular formula is C18H25N3O4. The number of hydrogen-bond donors (Lipinski definition) is 3. The summed E-state index contributed by atoms with van der Waals surface area (Å²) < 4.78 is 5.91. The third kappa shape index (κ3) is 4.99. The highest BCUT2D eigenvalue weighted by Gasteiger charge is 2.33. The van der Waals surface area contributed by atoms with Crippen LogP contribution in [0.1, 0.15) is 42.6 Å². The first-order valence-corrected chi connectivity index (χ1v) is 8.93. The summed E-state index contributed by atoms with van der Waals surface area (Å²) in [7, 11) is 0. The molecule has 0 aromatic carbocycles. The standard InChI is InChI=1S/C18H25N3O4/c22-11-16-14(21-18(24)15-3-1-2-9-19-15)7-6-13(25-16)8-10-20-17(23)12-4-5-12/h1-3,9,12-14,16,22H,4-8,10-11H2,(H,20,23)(H,21,24)/t13-,14-,16-/m0/s1. The molecule has 7 heteroatoms. The zero-order chi connectivity index (χ0) is 17.6. The molecule has 1 aromatic heterocycles. The number of rotatable bonds is 7. The van der Waals surface area contributed by atoms with Gasteiger partial charge in [0.2, 0.25) is 5.91 Å². The van der Waals surface area contributed by atoms with Crippen LogP contribution in [-0.2, 0) is 9.53 Å². The fourth-order valence-corrected chi connectivity index (χ4v) is 3.09. The number of aromatic nitrogens is 1. The van der Waals surface area contributed by atoms with Crippen LogP contribution in [0.4, 0.5) is 0 Å². The maximum Gasteiger partial charge on any atom is 0.270 e. The number of carbonyl (C=O) groups excluding carboxylic acids is 2. The summed E-state index contributed by atoms with van der Waals surface area (Å²) in [4.78, 5) is 27.9. The molecule has 2 aliphatic rings. The van der Waals surface area contributed by atoms with E-state index < -0.39 is 6.10 Å². The van der Waals surface area contributed by atoms with Crippen molar-refractivity contribution in [1.29, 1.82) is 0 Å². The van der Waals surface area contributed by atoms with Gasteiger partial charge >= 0.3 is 0 Å². The number of ether oxygens (including phenoxy) is 1. The minimum atomic E-state index is -0.439. The van der Waals surface area contributed by atoms with Crippen LogP contribution in [0.15, 0.2) is 24.4 Å². The Labute approximate surface area is 147 Å². The Balaban J connectivity index is 1.44. The number of pyridine rings is 1. The van der Waals surface area contributed by atoms with Crippen LogP contribution in [0.25, 0.3) is 0 Å². The van der Waals surface area contributed by atoms with Crippen LogP contribution in [0.5, 0.6) is 0 Å². The maximum absolute atomic E-state index is 12.2. The van der Waals surface area contributed by atoms with Gasteiger partial charge in [0.25, 0.3) is 5.91 Å². The number of hydrogen-bond acceptors (Lipinski definition) is 5. The molecule has 25 heavy (non-hydrogen) atoms. The first-order valence-electron chi connectivity index (χ1n) is 8.93. The van der Waals surface area contributed by atoms with E-state index in [1.54, 1.807) is 24.4 Å². The number of nitrogens with zero attached hydrogens (tertiary/aromatic N) is 1. The van der Waals surface area contributed by atoms with Crippen LogP contribution in [-0.4, -0.2) is 53.3 Å². The molecule has 0 spiro atoms. The predicted molar refractivity (Wildman–Crippen MR) is 90.8 cm³/mol. The molecule has 2 amide bonds. The summed E-state index contributed by atoms with van der Waals surface area (Å²) >= 11 is 0. The Morgan fingerprint density at radius 2 is 2.08 bits per heavy atom. The molecule has 0 unspecified atom stereocenters. The van der Waals surface area contributed by atoms with E-state index >= 15 is 0 Å². The maximum atomic E-state index is 12.2. The second kappa shape index (κ2) is 8.40. The van der Waals surface area contributed by atoms with Crippen LogP contribution >= 0.6 is 0 Å². The molecule has 3 atom stereocenters. The highest BCUT2D eigenvalue weighted by molar-refractivity contribution is 5.92. The Morgan fingerprint density at radius 3 is 2.76 bits per heavy atom. The summed E-state index contributed by atoms with van der Waals surface area (Å²) in [5, 5.41) is 15.4. The molecule has 2 fully saturated rings. The number of nitrogens with one attached hydrogen (secondary N) is 2. The number of carbonyl (C=O) groups is 2. The quantitative estimate of drug-likeness (QED) is 0.672. The summed E-state index contributed by atoms with van der Waals surface area (Å²) in [5.41, 5.74) is 0.351. The molecule has 136 valence electrons. The lowest BCUT2D eigenvalue weighted by molar-refractivity contribution is -0.122. The largest absolute Gasteiger partial charge is 0.394 e. The fraction of sp³-hybridized carbons (Fsp3) is 0.611. The molecule has 1 saturated carbocycles. The van der Waals surface area contributed by atoms with E-state index in [0.717, 1.165) is 32.1 Å². The molecule has 0 bridgehead atoms. The lowest BCUT2D eigenvalue weighted by Crippen LogP contribution is -2.51. The number of amides is 2. The minimum absolute atomic E-state index is 0.0142. The second-order valence-electron chi connectivity index (χ2n) is 6.71. The highest BCUT2D eigenvalue weighted by atomic mass is 16.5. The predicted octanol–water partition coefficient (Wildman–Crippen LogP) is 0.636. The van der Waals surface area contributed by atoms with Gasteiger partial charge in [-0.25, -0.2) is 0 Å². The lowest BCUT2D eigenvalue weighted by atomic mass is 9.97. The van der Waals surface area contributed by atoms with E-state index in [0.29, 0.717) is 12.2 Å². The van der Waals surface area contributed by atoms with Crippen molar-refractivity contribution >= 4 is 11.8 Å². The Bertz CT molecular complexity index is 591. The van der Waals surface area contributed by atoms with Gasteiger partial charge in [0.05, 0.1) is 18.8 Å². The monoisotopic (exact) mass is 347 g/mol. The van der Waals surface area contributed by atoms with Crippen molar-refractivity contribution in [2.45, 2.75) is 50.4 Å². The Kier molecular flexibility index (Phi) is 5.99. The topological polar surface area (TPSA) is 101 Å².